The van der Waals surface area contributed by atoms with Crippen molar-refractivity contribution >= 4 is 12.4 Å². The lowest BCUT2D eigenvalue weighted by Gasteiger charge is -2.19. The summed E-state index contributed by atoms with van der Waals surface area (Å²) in [5.74, 6) is 0.324. The van der Waals surface area contributed by atoms with E-state index in [1.165, 1.54) is 7.11 Å². The van der Waals surface area contributed by atoms with Crippen LogP contribution in [0.2, 0.25) is 0 Å². The number of ether oxygens (including phenoxy) is 1. The second-order valence-electron chi connectivity index (χ2n) is 3.12. The molecule has 0 aromatic rings. The van der Waals surface area contributed by atoms with Crippen molar-refractivity contribution in [3.8, 4) is 0 Å². The summed E-state index contributed by atoms with van der Waals surface area (Å²) < 4.78 is 3.86. The molecule has 1 rings (SSSR count). The number of hydrogen-bond acceptors (Lipinski definition) is 3. The van der Waals surface area contributed by atoms with E-state index in [4.69, 9.17) is 4.79 Å². The highest BCUT2D eigenvalue weighted by molar-refractivity contribution is 5.78. The fourth-order valence-electron chi connectivity index (χ4n) is 1.22. The van der Waals surface area contributed by atoms with Crippen molar-refractivity contribution in [2.45, 2.75) is 32.7 Å². The fraction of sp³-hybridized carbons (Fsp3) is 0.778. The largest absolute Gasteiger partial charge is 0.471 e. The van der Waals surface area contributed by atoms with Crippen LogP contribution in [0.1, 0.15) is 26.7 Å². The van der Waals surface area contributed by atoms with E-state index < -0.39 is 0 Å². The Bertz CT molecular complexity index is 168. The van der Waals surface area contributed by atoms with Crippen molar-refractivity contribution in [3.63, 3.8) is 0 Å². The smallest absolute Gasteiger partial charge is 0.292 e. The Kier molecular flexibility index (Phi) is 5.93. The van der Waals surface area contributed by atoms with Gasteiger partial charge in [0.05, 0.1) is 7.11 Å². The number of methoxy groups -OCH3 is 1. The van der Waals surface area contributed by atoms with Crippen molar-refractivity contribution in [3.05, 3.63) is 0 Å². The molecule has 1 aliphatic rings. The molecule has 0 atom stereocenters. The first kappa shape index (κ1) is 11.9. The molecule has 76 valence electrons. The summed E-state index contributed by atoms with van der Waals surface area (Å²) in [4.78, 5) is 21.8. The highest BCUT2D eigenvalue weighted by Gasteiger charge is 2.21. The second kappa shape index (κ2) is 6.46. The number of carbonyl (C=O) groups is 2. The highest BCUT2D eigenvalue weighted by atomic mass is 16.5. The molecule has 0 spiro atoms. The first-order valence-electron chi connectivity index (χ1n) is 4.39. The Labute approximate surface area is 78.9 Å². The predicted octanol–water partition coefficient (Wildman–Crippen LogP) is 0.806. The van der Waals surface area contributed by atoms with E-state index in [9.17, 15) is 4.79 Å². The summed E-state index contributed by atoms with van der Waals surface area (Å²) in [7, 11) is 1.31. The molecule has 0 unspecified atom stereocenters. The lowest BCUT2D eigenvalue weighted by atomic mass is 10.3. The predicted molar refractivity (Wildman–Crippen MR) is 49.2 cm³/mol. The minimum absolute atomic E-state index is 0.324. The molecule has 1 aliphatic heterocycles. The van der Waals surface area contributed by atoms with Crippen LogP contribution >= 0.6 is 0 Å². The van der Waals surface area contributed by atoms with Gasteiger partial charge in [-0.05, 0) is 20.3 Å². The lowest BCUT2D eigenvalue weighted by molar-refractivity contribution is -0.129. The van der Waals surface area contributed by atoms with Crippen LogP contribution < -0.4 is 0 Å². The molecular formula is C9H17NO3. The fourth-order valence-corrected chi connectivity index (χ4v) is 1.22. The van der Waals surface area contributed by atoms with Gasteiger partial charge in [0, 0.05) is 19.0 Å². The monoisotopic (exact) mass is 187 g/mol. The molecule has 4 heteroatoms. The zero-order chi connectivity index (χ0) is 10.3. The number of nitrogens with zero attached hydrogens (tertiary/aromatic N) is 1. The van der Waals surface area contributed by atoms with Gasteiger partial charge >= 0.3 is 0 Å². The van der Waals surface area contributed by atoms with Gasteiger partial charge in [-0.1, -0.05) is 0 Å². The number of likely N-dealkylation sites (tertiary alicyclic amines) is 1. The van der Waals surface area contributed by atoms with E-state index >= 15 is 0 Å². The van der Waals surface area contributed by atoms with E-state index in [-0.39, 0.29) is 0 Å². The number of carbonyl (C=O) groups excluding carboxylic acids is 2. The lowest BCUT2D eigenvalue weighted by Crippen LogP contribution is -2.31. The van der Waals surface area contributed by atoms with Crippen molar-refractivity contribution in [2.75, 3.05) is 13.7 Å². The first-order valence-corrected chi connectivity index (χ1v) is 4.39. The van der Waals surface area contributed by atoms with Crippen LogP contribution in [-0.4, -0.2) is 37.0 Å². The van der Waals surface area contributed by atoms with Crippen molar-refractivity contribution < 1.29 is 14.3 Å². The Morgan fingerprint density at radius 1 is 1.54 bits per heavy atom. The van der Waals surface area contributed by atoms with E-state index in [0.29, 0.717) is 18.4 Å². The molecule has 0 aromatic heterocycles. The quantitative estimate of drug-likeness (QED) is 0.601. The van der Waals surface area contributed by atoms with Crippen molar-refractivity contribution in [2.24, 2.45) is 0 Å². The van der Waals surface area contributed by atoms with Crippen LogP contribution in [0.3, 0.4) is 0 Å². The molecule has 0 saturated carbocycles. The van der Waals surface area contributed by atoms with Crippen LogP contribution in [-0.2, 0) is 14.3 Å². The molecule has 1 heterocycles. The topological polar surface area (TPSA) is 46.6 Å². The van der Waals surface area contributed by atoms with Crippen LogP contribution in [0.5, 0.6) is 0 Å². The van der Waals surface area contributed by atoms with E-state index in [1.807, 2.05) is 4.90 Å². The van der Waals surface area contributed by atoms with Gasteiger partial charge in [-0.2, -0.15) is 0 Å². The maximum Gasteiger partial charge on any atom is 0.292 e. The zero-order valence-corrected chi connectivity index (χ0v) is 8.45. The molecule has 0 aromatic carbocycles. The van der Waals surface area contributed by atoms with Gasteiger partial charge in [0.2, 0.25) is 5.91 Å². The molecule has 1 fully saturated rings. The van der Waals surface area contributed by atoms with Crippen LogP contribution in [0.4, 0.5) is 0 Å². The number of rotatable bonds is 2. The highest BCUT2D eigenvalue weighted by Crippen LogP contribution is 2.12. The van der Waals surface area contributed by atoms with Gasteiger partial charge in [-0.25, -0.2) is 0 Å². The van der Waals surface area contributed by atoms with E-state index in [0.717, 1.165) is 19.4 Å². The third-order valence-electron chi connectivity index (χ3n) is 1.83. The van der Waals surface area contributed by atoms with Gasteiger partial charge in [0.25, 0.3) is 6.47 Å². The summed E-state index contributed by atoms with van der Waals surface area (Å²) in [6.45, 7) is 5.46. The minimum Gasteiger partial charge on any atom is -0.471 e. The summed E-state index contributed by atoms with van der Waals surface area (Å²) in [6.07, 6.45) is 1.81. The standard InChI is InChI=1S/C7H13NO.C2H4O2/c1-6(2)8-5-3-4-7(8)9;1-4-2-3/h6H,3-5H2,1-2H3;2H,1H3. The summed E-state index contributed by atoms with van der Waals surface area (Å²) in [5.41, 5.74) is 0. The molecule has 1 saturated heterocycles. The van der Waals surface area contributed by atoms with Crippen molar-refractivity contribution in [1.82, 2.24) is 4.90 Å². The van der Waals surface area contributed by atoms with Crippen LogP contribution in [0.15, 0.2) is 0 Å². The van der Waals surface area contributed by atoms with Gasteiger partial charge in [-0.15, -0.1) is 0 Å². The molecule has 4 nitrogen and oxygen atoms in total. The molecule has 0 N–H and O–H groups in total. The summed E-state index contributed by atoms with van der Waals surface area (Å²) >= 11 is 0. The Balaban J connectivity index is 0.000000310. The molecular weight excluding hydrogens is 170 g/mol. The molecule has 1 amide bonds. The second-order valence-corrected chi connectivity index (χ2v) is 3.12. The van der Waals surface area contributed by atoms with Crippen molar-refractivity contribution in [1.29, 1.82) is 0 Å². The SMILES string of the molecule is CC(C)N1CCCC1=O.COC=O. The molecule has 0 radical (unpaired) electrons. The van der Waals surface area contributed by atoms with Gasteiger partial charge in [0.15, 0.2) is 0 Å². The number of hydrogen-bond donors (Lipinski definition) is 0. The van der Waals surface area contributed by atoms with Crippen LogP contribution in [0.25, 0.3) is 0 Å². The Morgan fingerprint density at radius 2 is 2.08 bits per heavy atom. The maximum absolute atomic E-state index is 10.9. The average Bonchev–Trinajstić information content (AvgIpc) is 2.52. The average molecular weight is 187 g/mol. The van der Waals surface area contributed by atoms with Crippen LogP contribution in [0, 0.1) is 0 Å². The van der Waals surface area contributed by atoms with Gasteiger partial charge < -0.3 is 9.64 Å². The van der Waals surface area contributed by atoms with Gasteiger partial charge in [-0.3, -0.25) is 9.59 Å². The first-order chi connectivity index (χ1) is 6.13. The minimum atomic E-state index is 0.324. The zero-order valence-electron chi connectivity index (χ0n) is 8.45. The van der Waals surface area contributed by atoms with E-state index in [2.05, 4.69) is 18.6 Å². The molecule has 0 aliphatic carbocycles. The summed E-state index contributed by atoms with van der Waals surface area (Å²) in [6, 6.07) is 0.403. The maximum atomic E-state index is 10.9. The molecule has 0 bridgehead atoms. The normalized spacial score (nSPS) is 15.4. The summed E-state index contributed by atoms with van der Waals surface area (Å²) in [5, 5.41) is 0. The van der Waals surface area contributed by atoms with Gasteiger partial charge in [0.1, 0.15) is 0 Å². The Hall–Kier alpha value is -1.06. The third-order valence-corrected chi connectivity index (χ3v) is 1.83. The Morgan fingerprint density at radius 3 is 2.23 bits per heavy atom. The third kappa shape index (κ3) is 4.50. The van der Waals surface area contributed by atoms with E-state index in [1.54, 1.807) is 0 Å². The number of amides is 1. The molecule has 13 heavy (non-hydrogen) atoms.